The molecule has 1 aliphatic heterocycles. The molecule has 1 rings (SSSR count). The van der Waals surface area contributed by atoms with Crippen LogP contribution in [0.3, 0.4) is 0 Å². The monoisotopic (exact) mass is 286 g/mol. The summed E-state index contributed by atoms with van der Waals surface area (Å²) in [6, 6.07) is 0. The van der Waals surface area contributed by atoms with E-state index in [1.165, 1.54) is 0 Å². The molecule has 0 aliphatic carbocycles. The van der Waals surface area contributed by atoms with Gasteiger partial charge in [-0.25, -0.2) is 0 Å². The number of ether oxygens (including phenoxy) is 1. The molecule has 3 atom stereocenters. The van der Waals surface area contributed by atoms with Crippen molar-refractivity contribution in [3.05, 3.63) is 0 Å². The Morgan fingerprint density at radius 3 is 2.27 bits per heavy atom. The van der Waals surface area contributed by atoms with Crippen LogP contribution in [-0.2, 0) is 4.74 Å². The van der Waals surface area contributed by atoms with Gasteiger partial charge in [0.15, 0.2) is 6.29 Å². The Labute approximate surface area is 83.6 Å². The smallest absolute Gasteiger partial charge is 0.180 e. The zero-order valence-electron chi connectivity index (χ0n) is 6.55. The van der Waals surface area contributed by atoms with Gasteiger partial charge >= 0.3 is 0 Å². The summed E-state index contributed by atoms with van der Waals surface area (Å²) in [5.41, 5.74) is 0. The van der Waals surface area contributed by atoms with E-state index < -0.39 is 9.52 Å². The van der Waals surface area contributed by atoms with Crippen LogP contribution in [0.15, 0.2) is 0 Å². The summed E-state index contributed by atoms with van der Waals surface area (Å²) in [6.07, 6.45) is 0.322. The highest BCUT2D eigenvalue weighted by Gasteiger charge is 2.49. The van der Waals surface area contributed by atoms with Crippen LogP contribution in [0.5, 0.6) is 0 Å². The minimum atomic E-state index is -0.748. The van der Waals surface area contributed by atoms with Crippen molar-refractivity contribution in [1.29, 1.82) is 0 Å². The number of alkyl halides is 2. The molecule has 1 fully saturated rings. The third kappa shape index (κ3) is 1.64. The molecule has 0 saturated carbocycles. The van der Waals surface area contributed by atoms with Crippen LogP contribution in [0.1, 0.15) is 20.3 Å². The highest BCUT2D eigenvalue weighted by Crippen LogP contribution is 2.47. The zero-order valence-corrected chi connectivity index (χ0v) is 9.72. The second kappa shape index (κ2) is 3.32. The minimum Gasteiger partial charge on any atom is -0.366 e. The van der Waals surface area contributed by atoms with E-state index in [9.17, 15) is 5.11 Å². The van der Waals surface area contributed by atoms with E-state index in [0.29, 0.717) is 0 Å². The van der Waals surface area contributed by atoms with Gasteiger partial charge in [0.05, 0.1) is 6.10 Å². The molecule has 1 N–H and O–H groups in total. The van der Waals surface area contributed by atoms with Crippen LogP contribution in [0.4, 0.5) is 0 Å². The first-order chi connectivity index (χ1) is 5.00. The van der Waals surface area contributed by atoms with Gasteiger partial charge in [0, 0.05) is 5.92 Å². The number of rotatable bonds is 1. The fourth-order valence-electron chi connectivity index (χ4n) is 1.30. The molecule has 0 radical (unpaired) electrons. The Morgan fingerprint density at radius 1 is 1.55 bits per heavy atom. The van der Waals surface area contributed by atoms with Crippen LogP contribution in [0.2, 0.25) is 0 Å². The molecule has 0 aromatic rings. The van der Waals surface area contributed by atoms with Crippen molar-refractivity contribution in [3.8, 4) is 0 Å². The van der Waals surface area contributed by atoms with Crippen LogP contribution in [0.25, 0.3) is 0 Å². The maximum Gasteiger partial charge on any atom is 0.180 e. The lowest BCUT2D eigenvalue weighted by Gasteiger charge is -2.20. The van der Waals surface area contributed by atoms with Gasteiger partial charge in [-0.05, 0) is 6.42 Å². The van der Waals surface area contributed by atoms with Gasteiger partial charge in [-0.3, -0.25) is 0 Å². The molecule has 0 spiro atoms. The Bertz CT molecular complexity index is 149. The summed E-state index contributed by atoms with van der Waals surface area (Å²) < 4.78 is 4.84. The minimum absolute atomic E-state index is 0.142. The van der Waals surface area contributed by atoms with Gasteiger partial charge in [-0.1, -0.05) is 45.7 Å². The Balaban J connectivity index is 2.71. The van der Waals surface area contributed by atoms with Gasteiger partial charge < -0.3 is 9.84 Å². The summed E-state index contributed by atoms with van der Waals surface area (Å²) >= 11 is 6.79. The van der Waals surface area contributed by atoms with E-state index >= 15 is 0 Å². The largest absolute Gasteiger partial charge is 0.366 e. The van der Waals surface area contributed by atoms with Crippen molar-refractivity contribution in [2.24, 2.45) is 5.92 Å². The fourth-order valence-corrected chi connectivity index (χ4v) is 2.10. The maximum atomic E-state index is 9.41. The molecule has 0 aromatic carbocycles. The quantitative estimate of drug-likeness (QED) is 0.750. The Kier molecular flexibility index (Phi) is 3.01. The van der Waals surface area contributed by atoms with E-state index in [2.05, 4.69) is 38.8 Å². The molecule has 1 saturated heterocycles. The van der Waals surface area contributed by atoms with E-state index in [4.69, 9.17) is 4.74 Å². The average molecular weight is 288 g/mol. The summed E-state index contributed by atoms with van der Waals surface area (Å²) in [7, 11) is 0. The molecule has 11 heavy (non-hydrogen) atoms. The third-order valence-electron chi connectivity index (χ3n) is 2.20. The Morgan fingerprint density at radius 2 is 2.09 bits per heavy atom. The van der Waals surface area contributed by atoms with Gasteiger partial charge in [0.25, 0.3) is 0 Å². The number of aliphatic hydroxyl groups is 1. The van der Waals surface area contributed by atoms with Crippen molar-refractivity contribution < 1.29 is 9.84 Å². The number of halogens is 2. The third-order valence-corrected chi connectivity index (χ3v) is 4.43. The lowest BCUT2D eigenvalue weighted by atomic mass is 10.0. The second-order valence-corrected chi connectivity index (χ2v) is 6.59. The van der Waals surface area contributed by atoms with E-state index in [1.807, 2.05) is 6.92 Å². The number of aliphatic hydroxyl groups excluding tert-OH is 1. The highest BCUT2D eigenvalue weighted by atomic mass is 79.9. The fraction of sp³-hybridized carbons (Fsp3) is 1.00. The lowest BCUT2D eigenvalue weighted by Crippen LogP contribution is -2.29. The maximum absolute atomic E-state index is 9.41. The van der Waals surface area contributed by atoms with Crippen LogP contribution in [-0.4, -0.2) is 20.7 Å². The predicted molar refractivity (Wildman–Crippen MR) is 50.9 cm³/mol. The molecule has 1 heterocycles. The van der Waals surface area contributed by atoms with Crippen molar-refractivity contribution in [2.75, 3.05) is 0 Å². The SMILES string of the molecule is CC[C@H]1OC(O)C(Br)(Br)[C@@H]1C. The first kappa shape index (κ1) is 9.96. The van der Waals surface area contributed by atoms with Crippen molar-refractivity contribution in [1.82, 2.24) is 0 Å². The van der Waals surface area contributed by atoms with E-state index in [1.54, 1.807) is 0 Å². The first-order valence-electron chi connectivity index (χ1n) is 3.71. The Hall–Kier alpha value is 0.880. The standard InChI is InChI=1S/C7H12Br2O2/c1-3-5-4(2)7(8,9)6(10)11-5/h4-6,10H,3H2,1-2H3/t4-,5-,6?/m1/s1. The molecule has 2 nitrogen and oxygen atoms in total. The summed E-state index contributed by atoms with van der Waals surface area (Å²) in [5, 5.41) is 9.41. The highest BCUT2D eigenvalue weighted by molar-refractivity contribution is 9.25. The topological polar surface area (TPSA) is 29.5 Å². The molecule has 4 heteroatoms. The van der Waals surface area contributed by atoms with Crippen molar-refractivity contribution in [3.63, 3.8) is 0 Å². The molecule has 1 unspecified atom stereocenters. The normalized spacial score (nSPS) is 42.8. The zero-order chi connectivity index (χ0) is 8.65. The summed E-state index contributed by atoms with van der Waals surface area (Å²) in [4.78, 5) is 0. The lowest BCUT2D eigenvalue weighted by molar-refractivity contribution is -0.0920. The predicted octanol–water partition coefficient (Wildman–Crippen LogP) is 2.24. The second-order valence-electron chi connectivity index (χ2n) is 2.90. The molecular weight excluding hydrogens is 276 g/mol. The molecule has 66 valence electrons. The van der Waals surface area contributed by atoms with Gasteiger partial charge in [0.2, 0.25) is 0 Å². The number of hydrogen-bond acceptors (Lipinski definition) is 2. The number of hydrogen-bond donors (Lipinski definition) is 1. The molecule has 1 aliphatic rings. The van der Waals surface area contributed by atoms with Crippen LogP contribution in [0, 0.1) is 5.92 Å². The van der Waals surface area contributed by atoms with Crippen LogP contribution < -0.4 is 0 Å². The molecule has 0 bridgehead atoms. The van der Waals surface area contributed by atoms with Gasteiger partial charge in [0.1, 0.15) is 3.23 Å². The molecule has 0 amide bonds. The van der Waals surface area contributed by atoms with Crippen molar-refractivity contribution in [2.45, 2.75) is 35.9 Å². The van der Waals surface area contributed by atoms with E-state index in [0.717, 1.165) is 6.42 Å². The van der Waals surface area contributed by atoms with Gasteiger partial charge in [-0.15, -0.1) is 0 Å². The van der Waals surface area contributed by atoms with E-state index in [-0.39, 0.29) is 12.0 Å². The molecular formula is C7H12Br2O2. The summed E-state index contributed by atoms with van der Waals surface area (Å²) in [6.45, 7) is 4.10. The molecule has 0 aromatic heterocycles. The first-order valence-corrected chi connectivity index (χ1v) is 5.30. The average Bonchev–Trinajstić information content (AvgIpc) is 2.14. The van der Waals surface area contributed by atoms with Crippen LogP contribution >= 0.6 is 31.9 Å². The van der Waals surface area contributed by atoms with Crippen molar-refractivity contribution >= 4 is 31.9 Å². The van der Waals surface area contributed by atoms with Gasteiger partial charge in [-0.2, -0.15) is 0 Å². The summed E-state index contributed by atoms with van der Waals surface area (Å²) in [5.74, 6) is 0.280.